The fourth-order valence-corrected chi connectivity index (χ4v) is 2.79. The molecule has 3 rings (SSSR count). The highest BCUT2D eigenvalue weighted by Crippen LogP contribution is 2.37. The summed E-state index contributed by atoms with van der Waals surface area (Å²) in [4.78, 5) is 6.80. The van der Waals surface area contributed by atoms with E-state index < -0.39 is 0 Å². The molecular weight excluding hydrogens is 192 g/mol. The lowest BCUT2D eigenvalue weighted by Crippen LogP contribution is -2.24. The van der Waals surface area contributed by atoms with Crippen molar-refractivity contribution < 1.29 is 0 Å². The molecule has 1 aromatic rings. The topological polar surface area (TPSA) is 15.6 Å². The first kappa shape index (κ1) is 8.12. The predicted octanol–water partition coefficient (Wildman–Crippen LogP) is 2.71. The van der Waals surface area contributed by atoms with Crippen LogP contribution in [0.15, 0.2) is 35.8 Å². The number of thioether (sulfide) groups is 1. The van der Waals surface area contributed by atoms with Gasteiger partial charge in [0.05, 0.1) is 5.69 Å². The predicted molar refractivity (Wildman–Crippen MR) is 61.7 cm³/mol. The van der Waals surface area contributed by atoms with Gasteiger partial charge in [-0.3, -0.25) is 0 Å². The summed E-state index contributed by atoms with van der Waals surface area (Å²) in [6, 6.07) is 8.18. The van der Waals surface area contributed by atoms with E-state index >= 15 is 0 Å². The van der Waals surface area contributed by atoms with Gasteiger partial charge in [-0.1, -0.05) is 36.5 Å². The number of fused-ring (bicyclic) bond motifs is 2. The third kappa shape index (κ3) is 1.02. The standard InChI is InChI=1S/C11H10N2S/c1-8-9-4-2-3-5-10(9)12-11-13(8)6-7-14-11/h2-5H,1,6-7H2. The summed E-state index contributed by atoms with van der Waals surface area (Å²) in [5, 5.41) is 1.11. The average Bonchev–Trinajstić information content (AvgIpc) is 2.66. The summed E-state index contributed by atoms with van der Waals surface area (Å²) in [6.45, 7) is 5.17. The quantitative estimate of drug-likeness (QED) is 0.643. The fourth-order valence-electron chi connectivity index (χ4n) is 1.81. The van der Waals surface area contributed by atoms with Crippen molar-refractivity contribution in [1.82, 2.24) is 4.90 Å². The first-order chi connectivity index (χ1) is 6.86. The molecule has 0 saturated carbocycles. The number of para-hydroxylation sites is 1. The summed E-state index contributed by atoms with van der Waals surface area (Å²) >= 11 is 1.81. The van der Waals surface area contributed by atoms with Crippen molar-refractivity contribution in [3.8, 4) is 0 Å². The van der Waals surface area contributed by atoms with Crippen LogP contribution in [0.25, 0.3) is 5.70 Å². The average molecular weight is 202 g/mol. The lowest BCUT2D eigenvalue weighted by atomic mass is 10.1. The SMILES string of the molecule is C=C1c2ccccc2N=C2SCCN12. The van der Waals surface area contributed by atoms with E-state index in [2.05, 4.69) is 22.5 Å². The molecule has 2 heterocycles. The van der Waals surface area contributed by atoms with Crippen LogP contribution in [0.5, 0.6) is 0 Å². The van der Waals surface area contributed by atoms with Gasteiger partial charge in [-0.25, -0.2) is 4.99 Å². The van der Waals surface area contributed by atoms with Crippen LogP contribution in [-0.2, 0) is 0 Å². The number of hydrogen-bond donors (Lipinski definition) is 0. The Hall–Kier alpha value is -1.22. The highest BCUT2D eigenvalue weighted by atomic mass is 32.2. The summed E-state index contributed by atoms with van der Waals surface area (Å²) in [7, 11) is 0. The Morgan fingerprint density at radius 2 is 2.21 bits per heavy atom. The largest absolute Gasteiger partial charge is 0.320 e. The first-order valence-corrected chi connectivity index (χ1v) is 5.62. The van der Waals surface area contributed by atoms with Crippen molar-refractivity contribution in [1.29, 1.82) is 0 Å². The van der Waals surface area contributed by atoms with E-state index in [1.54, 1.807) is 0 Å². The van der Waals surface area contributed by atoms with Crippen LogP contribution in [0, 0.1) is 0 Å². The molecule has 1 fully saturated rings. The minimum absolute atomic E-state index is 1.04. The van der Waals surface area contributed by atoms with Gasteiger partial charge < -0.3 is 4.90 Å². The third-order valence-corrected chi connectivity index (χ3v) is 3.49. The fraction of sp³-hybridized carbons (Fsp3) is 0.182. The lowest BCUT2D eigenvalue weighted by Gasteiger charge is -2.25. The smallest absolute Gasteiger partial charge is 0.169 e. The van der Waals surface area contributed by atoms with Gasteiger partial charge in [0.15, 0.2) is 5.17 Å². The molecule has 0 amide bonds. The van der Waals surface area contributed by atoms with Crippen LogP contribution >= 0.6 is 11.8 Å². The lowest BCUT2D eigenvalue weighted by molar-refractivity contribution is 0.644. The van der Waals surface area contributed by atoms with Crippen molar-refractivity contribution in [3.63, 3.8) is 0 Å². The normalized spacial score (nSPS) is 19.0. The molecule has 3 heteroatoms. The van der Waals surface area contributed by atoms with Gasteiger partial charge in [-0.15, -0.1) is 0 Å². The van der Waals surface area contributed by atoms with E-state index in [9.17, 15) is 0 Å². The van der Waals surface area contributed by atoms with Crippen molar-refractivity contribution in [2.75, 3.05) is 12.3 Å². The van der Waals surface area contributed by atoms with Gasteiger partial charge in [-0.05, 0) is 6.07 Å². The maximum Gasteiger partial charge on any atom is 0.169 e. The molecule has 0 N–H and O–H groups in total. The molecule has 0 unspecified atom stereocenters. The molecule has 0 spiro atoms. The molecule has 1 aromatic carbocycles. The van der Waals surface area contributed by atoms with Crippen LogP contribution in [0.4, 0.5) is 5.69 Å². The minimum atomic E-state index is 1.04. The molecule has 14 heavy (non-hydrogen) atoms. The second kappa shape index (κ2) is 2.89. The number of hydrogen-bond acceptors (Lipinski definition) is 3. The molecule has 0 aromatic heterocycles. The van der Waals surface area contributed by atoms with Gasteiger partial charge in [0, 0.05) is 23.6 Å². The zero-order valence-electron chi connectivity index (χ0n) is 7.73. The van der Waals surface area contributed by atoms with E-state index in [1.165, 1.54) is 5.56 Å². The first-order valence-electron chi connectivity index (χ1n) is 4.63. The van der Waals surface area contributed by atoms with Gasteiger partial charge >= 0.3 is 0 Å². The second-order valence-electron chi connectivity index (χ2n) is 3.36. The molecule has 2 nitrogen and oxygen atoms in total. The molecule has 1 saturated heterocycles. The van der Waals surface area contributed by atoms with Crippen molar-refractivity contribution >= 4 is 28.3 Å². The Kier molecular flexibility index (Phi) is 1.67. The Morgan fingerprint density at radius 1 is 1.36 bits per heavy atom. The van der Waals surface area contributed by atoms with Gasteiger partial charge in [-0.2, -0.15) is 0 Å². The summed E-state index contributed by atoms with van der Waals surface area (Å²) in [5.74, 6) is 1.12. The second-order valence-corrected chi connectivity index (χ2v) is 4.42. The van der Waals surface area contributed by atoms with E-state index in [0.717, 1.165) is 28.8 Å². The molecule has 0 atom stereocenters. The van der Waals surface area contributed by atoms with Gasteiger partial charge in [0.25, 0.3) is 0 Å². The van der Waals surface area contributed by atoms with Crippen LogP contribution in [0.1, 0.15) is 5.56 Å². The molecule has 2 aliphatic rings. The Bertz CT molecular complexity index is 437. The number of amidine groups is 1. The monoisotopic (exact) mass is 202 g/mol. The zero-order chi connectivity index (χ0) is 9.54. The molecule has 0 radical (unpaired) electrons. The Balaban J connectivity index is 2.20. The van der Waals surface area contributed by atoms with Crippen LogP contribution in [-0.4, -0.2) is 22.4 Å². The van der Waals surface area contributed by atoms with Gasteiger partial charge in [0.2, 0.25) is 0 Å². The number of aliphatic imine (C=N–C) groups is 1. The molecule has 2 aliphatic heterocycles. The maximum absolute atomic E-state index is 4.60. The summed E-state index contributed by atoms with van der Waals surface area (Å²) in [5.41, 5.74) is 3.31. The highest BCUT2D eigenvalue weighted by Gasteiger charge is 2.27. The zero-order valence-corrected chi connectivity index (χ0v) is 8.55. The third-order valence-electron chi connectivity index (χ3n) is 2.53. The summed E-state index contributed by atoms with van der Waals surface area (Å²) < 4.78 is 0. The number of benzene rings is 1. The summed E-state index contributed by atoms with van der Waals surface area (Å²) in [6.07, 6.45) is 0. The van der Waals surface area contributed by atoms with E-state index in [4.69, 9.17) is 0 Å². The van der Waals surface area contributed by atoms with E-state index in [-0.39, 0.29) is 0 Å². The molecule has 0 bridgehead atoms. The van der Waals surface area contributed by atoms with Crippen molar-refractivity contribution in [3.05, 3.63) is 36.4 Å². The molecular formula is C11H10N2S. The van der Waals surface area contributed by atoms with Crippen LogP contribution in [0.3, 0.4) is 0 Å². The van der Waals surface area contributed by atoms with Crippen LogP contribution < -0.4 is 0 Å². The van der Waals surface area contributed by atoms with Crippen molar-refractivity contribution in [2.45, 2.75) is 0 Å². The Labute approximate surface area is 87.3 Å². The maximum atomic E-state index is 4.60. The Morgan fingerprint density at radius 3 is 3.14 bits per heavy atom. The van der Waals surface area contributed by atoms with Crippen molar-refractivity contribution in [2.24, 2.45) is 4.99 Å². The number of rotatable bonds is 0. The molecule has 0 aliphatic carbocycles. The van der Waals surface area contributed by atoms with Crippen LogP contribution in [0.2, 0.25) is 0 Å². The van der Waals surface area contributed by atoms with E-state index in [0.29, 0.717) is 0 Å². The number of nitrogens with zero attached hydrogens (tertiary/aromatic N) is 2. The minimum Gasteiger partial charge on any atom is -0.320 e. The molecule has 70 valence electrons. The van der Waals surface area contributed by atoms with E-state index in [1.807, 2.05) is 30.0 Å². The van der Waals surface area contributed by atoms with Gasteiger partial charge in [0.1, 0.15) is 0 Å². The highest BCUT2D eigenvalue weighted by molar-refractivity contribution is 8.14.